The highest BCUT2D eigenvalue weighted by atomic mass is 32.1. The van der Waals surface area contributed by atoms with E-state index in [0.717, 1.165) is 4.88 Å². The summed E-state index contributed by atoms with van der Waals surface area (Å²) in [5.74, 6) is -1.83. The number of thiophene rings is 1. The summed E-state index contributed by atoms with van der Waals surface area (Å²) in [5, 5.41) is 1.85. The fraction of sp³-hybridized carbons (Fsp3) is 0.556. The first-order chi connectivity index (χ1) is 10.8. The van der Waals surface area contributed by atoms with Gasteiger partial charge in [-0.15, -0.1) is 11.3 Å². The molecule has 0 spiro atoms. The molecular formula is C18H27NO4S. The van der Waals surface area contributed by atoms with Crippen LogP contribution in [0.5, 0.6) is 0 Å². The second kappa shape index (κ2) is 7.49. The lowest BCUT2D eigenvalue weighted by Gasteiger charge is -2.28. The molecule has 134 valence electrons. The molecule has 1 aromatic rings. The zero-order chi connectivity index (χ0) is 18.7. The van der Waals surface area contributed by atoms with Crippen LogP contribution in [-0.2, 0) is 19.1 Å². The van der Waals surface area contributed by atoms with E-state index in [-0.39, 0.29) is 5.57 Å². The van der Waals surface area contributed by atoms with Crippen molar-refractivity contribution in [1.82, 2.24) is 0 Å². The van der Waals surface area contributed by atoms with E-state index < -0.39 is 35.1 Å². The Hall–Kier alpha value is -1.66. The number of carbonyl (C=O) groups excluding carboxylic acids is 2. The second-order valence-electron chi connectivity index (χ2n) is 7.58. The van der Waals surface area contributed by atoms with Crippen LogP contribution in [0.2, 0.25) is 0 Å². The van der Waals surface area contributed by atoms with E-state index in [2.05, 4.69) is 6.58 Å². The minimum Gasteiger partial charge on any atom is -0.459 e. The third-order valence-corrected chi connectivity index (χ3v) is 3.88. The molecule has 0 bridgehead atoms. The average molecular weight is 353 g/mol. The van der Waals surface area contributed by atoms with Crippen LogP contribution in [0.25, 0.3) is 0 Å². The summed E-state index contributed by atoms with van der Waals surface area (Å²) < 4.78 is 10.7. The summed E-state index contributed by atoms with van der Waals surface area (Å²) in [6.45, 7) is 14.4. The number of rotatable bonds is 5. The monoisotopic (exact) mass is 353 g/mol. The van der Waals surface area contributed by atoms with Gasteiger partial charge in [-0.2, -0.15) is 0 Å². The lowest BCUT2D eigenvalue weighted by molar-refractivity contribution is -0.157. The highest BCUT2D eigenvalue weighted by Crippen LogP contribution is 2.32. The van der Waals surface area contributed by atoms with Gasteiger partial charge in [0.25, 0.3) is 0 Å². The second-order valence-corrected chi connectivity index (χ2v) is 8.56. The van der Waals surface area contributed by atoms with Crippen LogP contribution in [0.3, 0.4) is 0 Å². The van der Waals surface area contributed by atoms with Crippen LogP contribution >= 0.6 is 11.3 Å². The number of hydrogen-bond acceptors (Lipinski definition) is 6. The Bertz CT molecular complexity index is 594. The minimum absolute atomic E-state index is 0.144. The van der Waals surface area contributed by atoms with Crippen LogP contribution in [0.4, 0.5) is 0 Å². The largest absolute Gasteiger partial charge is 0.459 e. The molecule has 6 heteroatoms. The lowest BCUT2D eigenvalue weighted by atomic mass is 9.90. The molecule has 2 N–H and O–H groups in total. The Morgan fingerprint density at radius 3 is 2.08 bits per heavy atom. The molecule has 0 amide bonds. The van der Waals surface area contributed by atoms with Crippen LogP contribution in [0.15, 0.2) is 29.7 Å². The molecule has 0 saturated heterocycles. The van der Waals surface area contributed by atoms with Crippen molar-refractivity contribution in [3.63, 3.8) is 0 Å². The van der Waals surface area contributed by atoms with Gasteiger partial charge in [0.2, 0.25) is 0 Å². The molecule has 0 fully saturated rings. The maximum atomic E-state index is 12.4. The summed E-state index contributed by atoms with van der Waals surface area (Å²) in [4.78, 5) is 25.5. The molecule has 0 aliphatic heterocycles. The van der Waals surface area contributed by atoms with Gasteiger partial charge in [0.05, 0.1) is 5.92 Å². The topological polar surface area (TPSA) is 78.6 Å². The van der Waals surface area contributed by atoms with Crippen LogP contribution in [0, 0.1) is 0 Å². The molecular weight excluding hydrogens is 326 g/mol. The van der Waals surface area contributed by atoms with E-state index in [1.165, 1.54) is 11.3 Å². The van der Waals surface area contributed by atoms with Crippen LogP contribution in [-0.4, -0.2) is 29.2 Å². The number of carbonyl (C=O) groups is 2. The minimum atomic E-state index is -1.04. The Morgan fingerprint density at radius 2 is 1.67 bits per heavy atom. The molecule has 5 nitrogen and oxygen atoms in total. The van der Waals surface area contributed by atoms with Gasteiger partial charge >= 0.3 is 11.9 Å². The number of nitrogens with two attached hydrogens (primary N) is 1. The standard InChI is InChI=1S/C18H27NO4S/c1-11(15(20)22-17(2,3)4)13(12-9-8-10-24-12)14(19)16(21)23-18(5,6)7/h8-10,13-14H,1,19H2,2-7H3/t13-,14-/m1/s1. The van der Waals surface area contributed by atoms with Crippen molar-refractivity contribution in [2.75, 3.05) is 0 Å². The van der Waals surface area contributed by atoms with E-state index in [1.807, 2.05) is 17.5 Å². The fourth-order valence-corrected chi connectivity index (χ4v) is 2.92. The van der Waals surface area contributed by atoms with Gasteiger partial charge in [-0.3, -0.25) is 4.79 Å². The van der Waals surface area contributed by atoms with E-state index in [1.54, 1.807) is 41.5 Å². The molecule has 0 aliphatic carbocycles. The van der Waals surface area contributed by atoms with Gasteiger partial charge in [-0.05, 0) is 53.0 Å². The van der Waals surface area contributed by atoms with Gasteiger partial charge in [0.15, 0.2) is 0 Å². The van der Waals surface area contributed by atoms with Gasteiger partial charge in [0.1, 0.15) is 17.2 Å². The highest BCUT2D eigenvalue weighted by Gasteiger charge is 2.36. The quantitative estimate of drug-likeness (QED) is 0.648. The number of esters is 2. The van der Waals surface area contributed by atoms with Gasteiger partial charge in [-0.1, -0.05) is 12.6 Å². The zero-order valence-corrected chi connectivity index (χ0v) is 16.0. The highest BCUT2D eigenvalue weighted by molar-refractivity contribution is 7.10. The van der Waals surface area contributed by atoms with E-state index >= 15 is 0 Å². The Labute approximate surface area is 147 Å². The molecule has 0 unspecified atom stereocenters. The number of hydrogen-bond donors (Lipinski definition) is 1. The summed E-state index contributed by atoms with van der Waals surface area (Å²) >= 11 is 1.40. The lowest BCUT2D eigenvalue weighted by Crippen LogP contribution is -2.43. The first-order valence-corrected chi connectivity index (χ1v) is 8.64. The van der Waals surface area contributed by atoms with Crippen molar-refractivity contribution < 1.29 is 19.1 Å². The molecule has 24 heavy (non-hydrogen) atoms. The molecule has 2 atom stereocenters. The smallest absolute Gasteiger partial charge is 0.334 e. The Kier molecular flexibility index (Phi) is 6.36. The van der Waals surface area contributed by atoms with Crippen LogP contribution in [0.1, 0.15) is 52.3 Å². The predicted molar refractivity (Wildman–Crippen MR) is 95.9 cm³/mol. The fourth-order valence-electron chi connectivity index (χ4n) is 2.01. The predicted octanol–water partition coefficient (Wildman–Crippen LogP) is 3.40. The Morgan fingerprint density at radius 1 is 1.12 bits per heavy atom. The van der Waals surface area contributed by atoms with E-state index in [4.69, 9.17) is 15.2 Å². The van der Waals surface area contributed by atoms with Crippen molar-refractivity contribution in [2.45, 2.75) is 64.7 Å². The first kappa shape index (κ1) is 20.4. The number of ether oxygens (including phenoxy) is 2. The van der Waals surface area contributed by atoms with Crippen molar-refractivity contribution in [3.8, 4) is 0 Å². The van der Waals surface area contributed by atoms with Crippen molar-refractivity contribution in [3.05, 3.63) is 34.5 Å². The first-order valence-electron chi connectivity index (χ1n) is 7.76. The third kappa shape index (κ3) is 6.09. The molecule has 1 rings (SSSR count). The summed E-state index contributed by atoms with van der Waals surface area (Å²) in [6.07, 6.45) is 0. The van der Waals surface area contributed by atoms with Crippen molar-refractivity contribution in [1.29, 1.82) is 0 Å². The van der Waals surface area contributed by atoms with Gasteiger partial charge < -0.3 is 15.2 Å². The third-order valence-electron chi connectivity index (χ3n) is 2.92. The molecule has 0 radical (unpaired) electrons. The van der Waals surface area contributed by atoms with Crippen LogP contribution < -0.4 is 5.73 Å². The molecule has 1 aromatic heterocycles. The zero-order valence-electron chi connectivity index (χ0n) is 15.2. The van der Waals surface area contributed by atoms with Crippen molar-refractivity contribution in [2.24, 2.45) is 5.73 Å². The van der Waals surface area contributed by atoms with Gasteiger partial charge in [-0.25, -0.2) is 4.79 Å². The van der Waals surface area contributed by atoms with Crippen molar-refractivity contribution >= 4 is 23.3 Å². The van der Waals surface area contributed by atoms with E-state index in [0.29, 0.717) is 0 Å². The summed E-state index contributed by atoms with van der Waals surface area (Å²) in [5.41, 5.74) is 4.95. The molecule has 0 aliphatic rings. The van der Waals surface area contributed by atoms with E-state index in [9.17, 15) is 9.59 Å². The summed E-state index contributed by atoms with van der Waals surface area (Å²) in [6, 6.07) is 2.61. The Balaban J connectivity index is 3.07. The molecule has 1 heterocycles. The maximum absolute atomic E-state index is 12.4. The van der Waals surface area contributed by atoms with Gasteiger partial charge in [0, 0.05) is 10.5 Å². The molecule has 0 aromatic carbocycles. The normalized spacial score (nSPS) is 14.6. The molecule has 0 saturated carbocycles. The average Bonchev–Trinajstić information content (AvgIpc) is 2.88. The maximum Gasteiger partial charge on any atom is 0.334 e. The summed E-state index contributed by atoms with van der Waals surface area (Å²) in [7, 11) is 0. The SMILES string of the molecule is C=C(C(=O)OC(C)(C)C)[C@H](c1cccs1)[C@@H](N)C(=O)OC(C)(C)C.